The van der Waals surface area contributed by atoms with Crippen LogP contribution < -0.4 is 4.90 Å². The van der Waals surface area contributed by atoms with E-state index in [-0.39, 0.29) is 5.91 Å². The highest BCUT2D eigenvalue weighted by atomic mass is 16.2. The average Bonchev–Trinajstić information content (AvgIpc) is 3.33. The molecule has 1 aromatic carbocycles. The fourth-order valence-corrected chi connectivity index (χ4v) is 3.30. The standard InChI is InChI=1S/C19H17N9O/c29-19(16-11-21-14-3-1-2-4-15(14)23-16)27-9-7-26(8-10-27)17-5-6-18(25-24-17)28-13-20-12-22-28/h1-6,11-13H,7-10H2. The first-order chi connectivity index (χ1) is 14.3. The molecule has 0 radical (unpaired) electrons. The molecular formula is C19H17N9O. The minimum atomic E-state index is -0.101. The van der Waals surface area contributed by atoms with Crippen molar-refractivity contribution >= 4 is 22.8 Å². The van der Waals surface area contributed by atoms with Crippen molar-refractivity contribution in [3.63, 3.8) is 0 Å². The van der Waals surface area contributed by atoms with Crippen LogP contribution in [0.15, 0.2) is 55.2 Å². The van der Waals surface area contributed by atoms with Crippen molar-refractivity contribution in [1.82, 2.24) is 39.8 Å². The van der Waals surface area contributed by atoms with E-state index in [2.05, 4.69) is 35.1 Å². The van der Waals surface area contributed by atoms with E-state index in [0.29, 0.717) is 37.7 Å². The second-order valence-electron chi connectivity index (χ2n) is 6.61. The van der Waals surface area contributed by atoms with Gasteiger partial charge in [-0.25, -0.2) is 14.6 Å². The molecule has 0 atom stereocenters. The lowest BCUT2D eigenvalue weighted by molar-refractivity contribution is 0.0740. The van der Waals surface area contributed by atoms with Crippen molar-refractivity contribution in [3.05, 3.63) is 60.9 Å². The second-order valence-corrected chi connectivity index (χ2v) is 6.61. The van der Waals surface area contributed by atoms with Gasteiger partial charge in [0.1, 0.15) is 18.3 Å². The lowest BCUT2D eigenvalue weighted by atomic mass is 10.2. The van der Waals surface area contributed by atoms with Crippen LogP contribution in [0.5, 0.6) is 0 Å². The molecule has 3 aromatic heterocycles. The number of carbonyl (C=O) groups excluding carboxylic acids is 1. The summed E-state index contributed by atoms with van der Waals surface area (Å²) in [6.45, 7) is 2.51. The van der Waals surface area contributed by atoms with E-state index in [4.69, 9.17) is 0 Å². The Labute approximate surface area is 165 Å². The number of hydrogen-bond donors (Lipinski definition) is 0. The number of hydrogen-bond acceptors (Lipinski definition) is 8. The summed E-state index contributed by atoms with van der Waals surface area (Å²) in [6, 6.07) is 11.3. The third kappa shape index (κ3) is 3.35. The zero-order valence-electron chi connectivity index (χ0n) is 15.5. The summed E-state index contributed by atoms with van der Waals surface area (Å²) < 4.78 is 1.55. The number of para-hydroxylation sites is 2. The van der Waals surface area contributed by atoms with Crippen LogP contribution in [-0.2, 0) is 0 Å². The molecule has 5 rings (SSSR count). The van der Waals surface area contributed by atoms with E-state index in [0.717, 1.165) is 16.9 Å². The summed E-state index contributed by atoms with van der Waals surface area (Å²) in [5, 5.41) is 12.5. The Morgan fingerprint density at radius 1 is 0.897 bits per heavy atom. The van der Waals surface area contributed by atoms with Gasteiger partial charge in [-0.15, -0.1) is 10.2 Å². The monoisotopic (exact) mass is 387 g/mol. The van der Waals surface area contributed by atoms with Crippen molar-refractivity contribution in [3.8, 4) is 5.82 Å². The van der Waals surface area contributed by atoms with E-state index in [1.165, 1.54) is 6.33 Å². The van der Waals surface area contributed by atoms with Gasteiger partial charge in [0.25, 0.3) is 5.91 Å². The maximum absolute atomic E-state index is 12.8. The second kappa shape index (κ2) is 7.23. The predicted octanol–water partition coefficient (Wildman–Crippen LogP) is 0.963. The Morgan fingerprint density at radius 2 is 1.66 bits per heavy atom. The maximum atomic E-state index is 12.8. The molecule has 10 nitrogen and oxygen atoms in total. The minimum absolute atomic E-state index is 0.101. The molecule has 0 unspecified atom stereocenters. The van der Waals surface area contributed by atoms with Crippen molar-refractivity contribution < 1.29 is 4.79 Å². The fourth-order valence-electron chi connectivity index (χ4n) is 3.30. The summed E-state index contributed by atoms with van der Waals surface area (Å²) in [4.78, 5) is 29.4. The molecule has 0 bridgehead atoms. The van der Waals surface area contributed by atoms with Crippen molar-refractivity contribution in [2.75, 3.05) is 31.1 Å². The molecule has 144 valence electrons. The number of carbonyl (C=O) groups is 1. The zero-order chi connectivity index (χ0) is 19.6. The van der Waals surface area contributed by atoms with Gasteiger partial charge in [-0.2, -0.15) is 5.10 Å². The Kier molecular flexibility index (Phi) is 4.28. The van der Waals surface area contributed by atoms with Crippen LogP contribution in [0.4, 0.5) is 5.82 Å². The lowest BCUT2D eigenvalue weighted by Gasteiger charge is -2.35. The number of amides is 1. The molecular weight excluding hydrogens is 370 g/mol. The molecule has 0 spiro atoms. The van der Waals surface area contributed by atoms with Gasteiger partial charge in [-0.3, -0.25) is 9.78 Å². The first-order valence-electron chi connectivity index (χ1n) is 9.23. The summed E-state index contributed by atoms with van der Waals surface area (Å²) in [5.41, 5.74) is 1.87. The largest absolute Gasteiger partial charge is 0.352 e. The van der Waals surface area contributed by atoms with E-state index in [1.54, 1.807) is 22.1 Å². The van der Waals surface area contributed by atoms with Gasteiger partial charge in [-0.05, 0) is 24.3 Å². The van der Waals surface area contributed by atoms with E-state index in [9.17, 15) is 4.79 Å². The normalized spacial score (nSPS) is 14.3. The third-order valence-electron chi connectivity index (χ3n) is 4.85. The topological polar surface area (TPSA) is 106 Å². The molecule has 4 heterocycles. The summed E-state index contributed by atoms with van der Waals surface area (Å²) in [5.74, 6) is 1.27. The Balaban J connectivity index is 1.25. The number of anilines is 1. The van der Waals surface area contributed by atoms with Gasteiger partial charge in [0.05, 0.1) is 17.2 Å². The highest BCUT2D eigenvalue weighted by Gasteiger charge is 2.24. The molecule has 1 fully saturated rings. The minimum Gasteiger partial charge on any atom is -0.352 e. The summed E-state index contributed by atoms with van der Waals surface area (Å²) >= 11 is 0. The van der Waals surface area contributed by atoms with Gasteiger partial charge in [0, 0.05) is 26.2 Å². The van der Waals surface area contributed by atoms with Crippen LogP contribution in [0, 0.1) is 0 Å². The van der Waals surface area contributed by atoms with Gasteiger partial charge >= 0.3 is 0 Å². The molecule has 10 heteroatoms. The molecule has 1 aliphatic heterocycles. The van der Waals surface area contributed by atoms with Crippen molar-refractivity contribution in [2.24, 2.45) is 0 Å². The fraction of sp³-hybridized carbons (Fsp3) is 0.211. The number of fused-ring (bicyclic) bond motifs is 1. The van der Waals surface area contributed by atoms with Gasteiger partial charge < -0.3 is 9.80 Å². The van der Waals surface area contributed by atoms with Crippen LogP contribution >= 0.6 is 0 Å². The third-order valence-corrected chi connectivity index (χ3v) is 4.85. The van der Waals surface area contributed by atoms with Crippen LogP contribution in [0.1, 0.15) is 10.5 Å². The number of benzene rings is 1. The Morgan fingerprint density at radius 3 is 2.38 bits per heavy atom. The van der Waals surface area contributed by atoms with Gasteiger partial charge in [0.15, 0.2) is 11.6 Å². The smallest absolute Gasteiger partial charge is 0.274 e. The molecule has 1 aliphatic rings. The van der Waals surface area contributed by atoms with Gasteiger partial charge in [-0.1, -0.05) is 12.1 Å². The van der Waals surface area contributed by atoms with Crippen molar-refractivity contribution in [2.45, 2.75) is 0 Å². The van der Waals surface area contributed by atoms with E-state index in [1.807, 2.05) is 36.4 Å². The number of rotatable bonds is 3. The molecule has 4 aromatic rings. The number of aromatic nitrogens is 7. The first-order valence-corrected chi connectivity index (χ1v) is 9.23. The molecule has 29 heavy (non-hydrogen) atoms. The Hall–Kier alpha value is -3.95. The number of piperazine rings is 1. The Bertz CT molecular complexity index is 1140. The molecule has 0 aliphatic carbocycles. The molecule has 0 saturated carbocycles. The van der Waals surface area contributed by atoms with Crippen LogP contribution in [0.3, 0.4) is 0 Å². The van der Waals surface area contributed by atoms with E-state index < -0.39 is 0 Å². The highest BCUT2D eigenvalue weighted by Crippen LogP contribution is 2.16. The van der Waals surface area contributed by atoms with Gasteiger partial charge in [0.2, 0.25) is 0 Å². The van der Waals surface area contributed by atoms with Crippen molar-refractivity contribution in [1.29, 1.82) is 0 Å². The summed E-state index contributed by atoms with van der Waals surface area (Å²) in [7, 11) is 0. The SMILES string of the molecule is O=C(c1cnc2ccccc2n1)N1CCN(c2ccc(-n3cncn3)nn2)CC1. The quantitative estimate of drug-likeness (QED) is 0.512. The molecule has 0 N–H and O–H groups in total. The lowest BCUT2D eigenvalue weighted by Crippen LogP contribution is -2.49. The molecule has 1 saturated heterocycles. The average molecular weight is 387 g/mol. The first kappa shape index (κ1) is 17.2. The highest BCUT2D eigenvalue weighted by molar-refractivity contribution is 5.94. The van der Waals surface area contributed by atoms with Crippen LogP contribution in [-0.4, -0.2) is 71.9 Å². The molecule has 1 amide bonds. The maximum Gasteiger partial charge on any atom is 0.274 e. The predicted molar refractivity (Wildman–Crippen MR) is 105 cm³/mol. The number of nitrogens with zero attached hydrogens (tertiary/aromatic N) is 9. The van der Waals surface area contributed by atoms with Crippen LogP contribution in [0.2, 0.25) is 0 Å². The van der Waals surface area contributed by atoms with E-state index >= 15 is 0 Å². The van der Waals surface area contributed by atoms with Crippen LogP contribution in [0.25, 0.3) is 16.9 Å². The summed E-state index contributed by atoms with van der Waals surface area (Å²) in [6.07, 6.45) is 4.57. The zero-order valence-corrected chi connectivity index (χ0v) is 15.5.